The first-order valence-electron chi connectivity index (χ1n) is 8.39. The number of hydrogen-bond acceptors (Lipinski definition) is 3. The Hall–Kier alpha value is -2.75. The molecule has 0 radical (unpaired) electrons. The second-order valence-corrected chi connectivity index (χ2v) is 6.29. The van der Waals surface area contributed by atoms with Crippen molar-refractivity contribution in [3.63, 3.8) is 0 Å². The van der Waals surface area contributed by atoms with Gasteiger partial charge in [0.05, 0.1) is 11.0 Å². The number of imidazole rings is 1. The molecule has 0 aliphatic heterocycles. The van der Waals surface area contributed by atoms with E-state index in [0.717, 1.165) is 34.5 Å². The summed E-state index contributed by atoms with van der Waals surface area (Å²) in [7, 11) is 0. The molecule has 24 heavy (non-hydrogen) atoms. The molecule has 0 spiro atoms. The third-order valence-corrected chi connectivity index (χ3v) is 4.51. The lowest BCUT2D eigenvalue weighted by molar-refractivity contribution is 0.547. The highest BCUT2D eigenvalue weighted by molar-refractivity contribution is 5.85. The maximum Gasteiger partial charge on any atom is 0.198 e. The molecule has 0 aliphatic rings. The zero-order valence-corrected chi connectivity index (χ0v) is 14.2. The van der Waals surface area contributed by atoms with E-state index in [9.17, 15) is 0 Å². The second kappa shape index (κ2) is 5.71. The maximum atomic E-state index is 4.85. The molecule has 1 unspecified atom stereocenters. The second-order valence-electron chi connectivity index (χ2n) is 6.29. The van der Waals surface area contributed by atoms with E-state index in [-0.39, 0.29) is 0 Å². The number of aromatic nitrogens is 4. The van der Waals surface area contributed by atoms with Crippen LogP contribution >= 0.6 is 0 Å². The Bertz CT molecular complexity index is 1030. The van der Waals surface area contributed by atoms with E-state index >= 15 is 0 Å². The van der Waals surface area contributed by atoms with Crippen molar-refractivity contribution in [1.29, 1.82) is 0 Å². The predicted octanol–water partition coefficient (Wildman–Crippen LogP) is 4.93. The van der Waals surface area contributed by atoms with Gasteiger partial charge in [-0.05, 0) is 38.5 Å². The van der Waals surface area contributed by atoms with Crippen LogP contribution in [0.25, 0.3) is 33.7 Å². The summed E-state index contributed by atoms with van der Waals surface area (Å²) in [6.07, 6.45) is 1.01. The van der Waals surface area contributed by atoms with Gasteiger partial charge in [-0.25, -0.2) is 15.0 Å². The highest BCUT2D eigenvalue weighted by Crippen LogP contribution is 2.29. The summed E-state index contributed by atoms with van der Waals surface area (Å²) in [5.74, 6) is 0.943. The molecule has 2 aromatic carbocycles. The summed E-state index contributed by atoms with van der Waals surface area (Å²) in [5, 5.41) is 0. The van der Waals surface area contributed by atoms with Crippen molar-refractivity contribution in [2.75, 3.05) is 0 Å². The average molecular weight is 316 g/mol. The molecule has 4 rings (SSSR count). The normalized spacial score (nSPS) is 12.8. The molecule has 0 fully saturated rings. The summed E-state index contributed by atoms with van der Waals surface area (Å²) in [6.45, 7) is 6.49. The Morgan fingerprint density at radius 1 is 0.958 bits per heavy atom. The van der Waals surface area contributed by atoms with Gasteiger partial charge in [-0.2, -0.15) is 0 Å². The van der Waals surface area contributed by atoms with Gasteiger partial charge in [-0.1, -0.05) is 42.8 Å². The van der Waals surface area contributed by atoms with E-state index in [1.165, 1.54) is 5.56 Å². The number of fused-ring (bicyclic) bond motifs is 2. The number of para-hydroxylation sites is 2. The van der Waals surface area contributed by atoms with E-state index in [0.29, 0.717) is 11.7 Å². The van der Waals surface area contributed by atoms with Crippen LogP contribution in [-0.4, -0.2) is 19.5 Å². The van der Waals surface area contributed by atoms with Crippen molar-refractivity contribution < 1.29 is 0 Å². The lowest BCUT2D eigenvalue weighted by Gasteiger charge is -2.15. The third kappa shape index (κ3) is 2.35. The van der Waals surface area contributed by atoms with Gasteiger partial charge < -0.3 is 4.57 Å². The lowest BCUT2D eigenvalue weighted by Crippen LogP contribution is -2.07. The molecule has 4 aromatic rings. The fourth-order valence-electron chi connectivity index (χ4n) is 3.06. The number of benzene rings is 2. The van der Waals surface area contributed by atoms with E-state index in [2.05, 4.69) is 49.6 Å². The third-order valence-electron chi connectivity index (χ3n) is 4.51. The van der Waals surface area contributed by atoms with Gasteiger partial charge >= 0.3 is 0 Å². The molecule has 0 aliphatic carbocycles. The first kappa shape index (κ1) is 14.8. The van der Waals surface area contributed by atoms with Crippen LogP contribution in [0.5, 0.6) is 0 Å². The number of aryl methyl sites for hydroxylation is 1. The quantitative estimate of drug-likeness (QED) is 0.538. The van der Waals surface area contributed by atoms with Gasteiger partial charge in [0.1, 0.15) is 5.82 Å². The van der Waals surface area contributed by atoms with Crippen molar-refractivity contribution in [3.8, 4) is 11.4 Å². The minimum Gasteiger partial charge on any atom is -0.304 e. The van der Waals surface area contributed by atoms with Gasteiger partial charge in [-0.15, -0.1) is 0 Å². The van der Waals surface area contributed by atoms with Crippen molar-refractivity contribution in [2.45, 2.75) is 33.2 Å². The minimum absolute atomic E-state index is 0.306. The molecule has 4 nitrogen and oxygen atoms in total. The summed E-state index contributed by atoms with van der Waals surface area (Å²) in [4.78, 5) is 14.4. The van der Waals surface area contributed by atoms with Crippen LogP contribution in [-0.2, 0) is 0 Å². The van der Waals surface area contributed by atoms with Crippen molar-refractivity contribution >= 4 is 22.3 Å². The van der Waals surface area contributed by atoms with E-state index < -0.39 is 0 Å². The van der Waals surface area contributed by atoms with E-state index in [4.69, 9.17) is 15.0 Å². The zero-order valence-electron chi connectivity index (χ0n) is 14.2. The van der Waals surface area contributed by atoms with Crippen LogP contribution in [0.15, 0.2) is 48.5 Å². The first-order chi connectivity index (χ1) is 11.7. The average Bonchev–Trinajstić information content (AvgIpc) is 2.97. The molecule has 120 valence electrons. The minimum atomic E-state index is 0.306. The van der Waals surface area contributed by atoms with Crippen LogP contribution in [0, 0.1) is 6.92 Å². The standard InChI is InChI=1S/C20H20N4/c1-4-14(3)24-19(15-9-7-8-13(2)12-15)23-18-20(24)22-17-11-6-5-10-16(17)21-18/h5-12,14H,4H2,1-3H3. The molecule has 2 aromatic heterocycles. The maximum absolute atomic E-state index is 4.85. The molecule has 0 saturated heterocycles. The Balaban J connectivity index is 2.06. The van der Waals surface area contributed by atoms with Crippen molar-refractivity contribution in [1.82, 2.24) is 19.5 Å². The van der Waals surface area contributed by atoms with Crippen LogP contribution < -0.4 is 0 Å². The molecule has 4 heteroatoms. The fraction of sp³-hybridized carbons (Fsp3) is 0.250. The van der Waals surface area contributed by atoms with Crippen LogP contribution in [0.3, 0.4) is 0 Å². The highest BCUT2D eigenvalue weighted by Gasteiger charge is 2.19. The molecule has 0 amide bonds. The molecule has 0 bridgehead atoms. The molecular weight excluding hydrogens is 296 g/mol. The van der Waals surface area contributed by atoms with Crippen molar-refractivity contribution in [3.05, 3.63) is 54.1 Å². The molecule has 2 heterocycles. The number of hydrogen-bond donors (Lipinski definition) is 0. The monoisotopic (exact) mass is 316 g/mol. The number of nitrogens with zero attached hydrogens (tertiary/aromatic N) is 4. The van der Waals surface area contributed by atoms with Gasteiger partial charge in [0.15, 0.2) is 11.3 Å². The van der Waals surface area contributed by atoms with Gasteiger partial charge in [0.25, 0.3) is 0 Å². The summed E-state index contributed by atoms with van der Waals surface area (Å²) >= 11 is 0. The van der Waals surface area contributed by atoms with E-state index in [1.807, 2.05) is 24.3 Å². The molecule has 0 saturated carbocycles. The predicted molar refractivity (Wildman–Crippen MR) is 98.0 cm³/mol. The smallest absolute Gasteiger partial charge is 0.198 e. The summed E-state index contributed by atoms with van der Waals surface area (Å²) in [5.41, 5.74) is 5.70. The number of rotatable bonds is 3. The largest absolute Gasteiger partial charge is 0.304 e. The fourth-order valence-corrected chi connectivity index (χ4v) is 3.06. The first-order valence-corrected chi connectivity index (χ1v) is 8.39. The highest BCUT2D eigenvalue weighted by atomic mass is 15.2. The van der Waals surface area contributed by atoms with Gasteiger partial charge in [0, 0.05) is 11.6 Å². The Labute approximate surface area is 141 Å². The van der Waals surface area contributed by atoms with E-state index in [1.54, 1.807) is 0 Å². The molecular formula is C20H20N4. The molecule has 0 N–H and O–H groups in total. The van der Waals surface area contributed by atoms with Crippen molar-refractivity contribution in [2.24, 2.45) is 0 Å². The Morgan fingerprint density at radius 3 is 2.42 bits per heavy atom. The van der Waals surface area contributed by atoms with Gasteiger partial charge in [-0.3, -0.25) is 0 Å². The Kier molecular flexibility index (Phi) is 3.53. The zero-order chi connectivity index (χ0) is 16.7. The van der Waals surface area contributed by atoms with Crippen LogP contribution in [0.2, 0.25) is 0 Å². The lowest BCUT2D eigenvalue weighted by atomic mass is 10.1. The van der Waals surface area contributed by atoms with Gasteiger partial charge in [0.2, 0.25) is 0 Å². The molecule has 1 atom stereocenters. The van der Waals surface area contributed by atoms with Crippen LogP contribution in [0.1, 0.15) is 31.9 Å². The Morgan fingerprint density at radius 2 is 1.71 bits per heavy atom. The summed E-state index contributed by atoms with van der Waals surface area (Å²) in [6, 6.07) is 16.7. The SMILES string of the molecule is CCC(C)n1c(-c2cccc(C)c2)nc2nc3ccccc3nc21. The topological polar surface area (TPSA) is 43.6 Å². The van der Waals surface area contributed by atoms with Crippen LogP contribution in [0.4, 0.5) is 0 Å². The summed E-state index contributed by atoms with van der Waals surface area (Å²) < 4.78 is 2.23.